The smallest absolute Gasteiger partial charge is 0.317 e. The Kier molecular flexibility index (Phi) is 5.92. The van der Waals surface area contributed by atoms with Gasteiger partial charge in [0.2, 0.25) is 0 Å². The SMILES string of the molecule is O=C(NCc1cccnc1)C1=NO[C@@]2(CCCN(C(=O)NCc3ccccc3)C2)C1. The van der Waals surface area contributed by atoms with Gasteiger partial charge in [-0.1, -0.05) is 41.6 Å². The van der Waals surface area contributed by atoms with E-state index in [4.69, 9.17) is 4.84 Å². The molecule has 8 heteroatoms. The highest BCUT2D eigenvalue weighted by atomic mass is 16.7. The maximum absolute atomic E-state index is 12.6. The number of piperidine rings is 1. The first-order valence-corrected chi connectivity index (χ1v) is 10.1. The number of oxime groups is 1. The molecule has 3 amide bonds. The maximum Gasteiger partial charge on any atom is 0.317 e. The highest BCUT2D eigenvalue weighted by molar-refractivity contribution is 6.39. The van der Waals surface area contributed by atoms with E-state index >= 15 is 0 Å². The van der Waals surface area contributed by atoms with Gasteiger partial charge in [-0.05, 0) is 30.0 Å². The van der Waals surface area contributed by atoms with Gasteiger partial charge in [0, 0.05) is 38.4 Å². The first-order chi connectivity index (χ1) is 14.6. The monoisotopic (exact) mass is 407 g/mol. The van der Waals surface area contributed by atoms with Crippen LogP contribution in [0.1, 0.15) is 30.4 Å². The van der Waals surface area contributed by atoms with Gasteiger partial charge in [0.1, 0.15) is 5.71 Å². The van der Waals surface area contributed by atoms with Gasteiger partial charge in [-0.2, -0.15) is 0 Å². The fraction of sp³-hybridized carbons (Fsp3) is 0.364. The third-order valence-corrected chi connectivity index (χ3v) is 5.39. The molecule has 2 N–H and O–H groups in total. The third-order valence-electron chi connectivity index (χ3n) is 5.39. The molecule has 1 spiro atoms. The number of benzene rings is 1. The third kappa shape index (κ3) is 4.76. The molecule has 1 aromatic heterocycles. The second kappa shape index (κ2) is 8.94. The lowest BCUT2D eigenvalue weighted by atomic mass is 9.88. The van der Waals surface area contributed by atoms with Crippen molar-refractivity contribution in [2.24, 2.45) is 5.16 Å². The number of carbonyl (C=O) groups is 2. The highest BCUT2D eigenvalue weighted by Gasteiger charge is 2.45. The number of likely N-dealkylation sites (tertiary alicyclic amines) is 1. The van der Waals surface area contributed by atoms with E-state index in [2.05, 4.69) is 20.8 Å². The largest absolute Gasteiger partial charge is 0.386 e. The zero-order valence-corrected chi connectivity index (χ0v) is 16.7. The Morgan fingerprint density at radius 1 is 1.07 bits per heavy atom. The number of amides is 3. The summed E-state index contributed by atoms with van der Waals surface area (Å²) in [4.78, 5) is 36.6. The molecule has 2 aliphatic heterocycles. The molecule has 8 nitrogen and oxygen atoms in total. The molecule has 2 aromatic rings. The van der Waals surface area contributed by atoms with Crippen molar-refractivity contribution in [2.75, 3.05) is 13.1 Å². The predicted octanol–water partition coefficient (Wildman–Crippen LogP) is 2.22. The van der Waals surface area contributed by atoms with Gasteiger partial charge >= 0.3 is 6.03 Å². The molecule has 0 saturated carbocycles. The summed E-state index contributed by atoms with van der Waals surface area (Å²) >= 11 is 0. The predicted molar refractivity (Wildman–Crippen MR) is 111 cm³/mol. The van der Waals surface area contributed by atoms with Gasteiger partial charge < -0.3 is 20.4 Å². The molecular weight excluding hydrogens is 382 g/mol. The average molecular weight is 407 g/mol. The van der Waals surface area contributed by atoms with Crippen LogP contribution in [0.25, 0.3) is 0 Å². The van der Waals surface area contributed by atoms with E-state index in [-0.39, 0.29) is 11.9 Å². The zero-order chi connectivity index (χ0) is 20.8. The molecular formula is C22H25N5O3. The van der Waals surface area contributed by atoms with Crippen LogP contribution in [0, 0.1) is 0 Å². The van der Waals surface area contributed by atoms with Crippen LogP contribution in [0.15, 0.2) is 60.0 Å². The van der Waals surface area contributed by atoms with Crippen LogP contribution < -0.4 is 10.6 Å². The number of rotatable bonds is 5. The summed E-state index contributed by atoms with van der Waals surface area (Å²) in [6, 6.07) is 13.4. The minimum Gasteiger partial charge on any atom is -0.386 e. The van der Waals surface area contributed by atoms with Crippen molar-refractivity contribution in [3.63, 3.8) is 0 Å². The number of carbonyl (C=O) groups excluding carboxylic acids is 2. The summed E-state index contributed by atoms with van der Waals surface area (Å²) in [7, 11) is 0. The number of pyridine rings is 1. The molecule has 4 rings (SSSR count). The summed E-state index contributed by atoms with van der Waals surface area (Å²) in [6.07, 6.45) is 5.36. The van der Waals surface area contributed by atoms with Crippen molar-refractivity contribution in [1.29, 1.82) is 0 Å². The number of urea groups is 1. The molecule has 1 fully saturated rings. The molecule has 0 radical (unpaired) electrons. The lowest BCUT2D eigenvalue weighted by Crippen LogP contribution is -2.53. The van der Waals surface area contributed by atoms with Gasteiger partial charge in [-0.3, -0.25) is 9.78 Å². The standard InChI is InChI=1S/C22H25N5O3/c28-20(24-15-18-8-4-10-23-13-18)19-12-22(30-26-19)9-5-11-27(16-22)21(29)25-14-17-6-2-1-3-7-17/h1-4,6-8,10,13H,5,9,11-12,14-16H2,(H,24,28)(H,25,29)/t22-/m0/s1. The molecule has 156 valence electrons. The van der Waals surface area contributed by atoms with Crippen molar-refractivity contribution in [1.82, 2.24) is 20.5 Å². The van der Waals surface area contributed by atoms with E-state index in [0.717, 1.165) is 24.0 Å². The Balaban J connectivity index is 1.28. The average Bonchev–Trinajstić information content (AvgIpc) is 3.20. The lowest BCUT2D eigenvalue weighted by Gasteiger charge is -2.38. The molecule has 1 aromatic carbocycles. The number of nitrogens with zero attached hydrogens (tertiary/aromatic N) is 3. The van der Waals surface area contributed by atoms with Crippen molar-refractivity contribution < 1.29 is 14.4 Å². The molecule has 1 atom stereocenters. The maximum atomic E-state index is 12.6. The second-order valence-electron chi connectivity index (χ2n) is 7.70. The number of aromatic nitrogens is 1. The molecule has 0 bridgehead atoms. The van der Waals surface area contributed by atoms with Gasteiger partial charge in [0.05, 0.1) is 6.54 Å². The van der Waals surface area contributed by atoms with Gasteiger partial charge in [-0.25, -0.2) is 4.79 Å². The van der Waals surface area contributed by atoms with Crippen LogP contribution in [-0.2, 0) is 22.7 Å². The molecule has 0 unspecified atom stereocenters. The van der Waals surface area contributed by atoms with E-state index < -0.39 is 5.60 Å². The first-order valence-electron chi connectivity index (χ1n) is 10.1. The van der Waals surface area contributed by atoms with Gasteiger partial charge in [0.25, 0.3) is 5.91 Å². The van der Waals surface area contributed by atoms with Crippen LogP contribution in [0.4, 0.5) is 4.79 Å². The van der Waals surface area contributed by atoms with E-state index in [1.807, 2.05) is 42.5 Å². The number of hydrogen-bond acceptors (Lipinski definition) is 5. The van der Waals surface area contributed by atoms with Gasteiger partial charge in [0.15, 0.2) is 5.60 Å². The lowest BCUT2D eigenvalue weighted by molar-refractivity contribution is -0.115. The van der Waals surface area contributed by atoms with E-state index in [1.54, 1.807) is 17.3 Å². The number of nitrogens with one attached hydrogen (secondary N) is 2. The molecule has 1 saturated heterocycles. The quantitative estimate of drug-likeness (QED) is 0.794. The fourth-order valence-corrected chi connectivity index (χ4v) is 3.81. The molecule has 3 heterocycles. The summed E-state index contributed by atoms with van der Waals surface area (Å²) in [6.45, 7) is 1.93. The number of hydrogen-bond donors (Lipinski definition) is 2. The van der Waals surface area contributed by atoms with Crippen molar-refractivity contribution in [3.8, 4) is 0 Å². The molecule has 0 aliphatic carbocycles. The van der Waals surface area contributed by atoms with Crippen LogP contribution >= 0.6 is 0 Å². The van der Waals surface area contributed by atoms with Crippen LogP contribution in [-0.4, -0.2) is 46.2 Å². The molecule has 2 aliphatic rings. The fourth-order valence-electron chi connectivity index (χ4n) is 3.81. The van der Waals surface area contributed by atoms with E-state index in [9.17, 15) is 9.59 Å². The Labute approximate surface area is 175 Å². The van der Waals surface area contributed by atoms with E-state index in [0.29, 0.717) is 38.3 Å². The van der Waals surface area contributed by atoms with Crippen molar-refractivity contribution in [3.05, 3.63) is 66.0 Å². The van der Waals surface area contributed by atoms with Crippen LogP contribution in [0.5, 0.6) is 0 Å². The van der Waals surface area contributed by atoms with Gasteiger partial charge in [-0.15, -0.1) is 0 Å². The summed E-state index contributed by atoms with van der Waals surface area (Å²) in [5.74, 6) is -0.249. The highest BCUT2D eigenvalue weighted by Crippen LogP contribution is 2.33. The minimum atomic E-state index is -0.622. The summed E-state index contributed by atoms with van der Waals surface area (Å²) < 4.78 is 0. The van der Waals surface area contributed by atoms with E-state index in [1.165, 1.54) is 0 Å². The Morgan fingerprint density at radius 2 is 1.87 bits per heavy atom. The Morgan fingerprint density at radius 3 is 2.67 bits per heavy atom. The topological polar surface area (TPSA) is 95.9 Å². The summed E-state index contributed by atoms with van der Waals surface area (Å²) in [5.41, 5.74) is 1.71. The Hall–Kier alpha value is -3.42. The second-order valence-corrected chi connectivity index (χ2v) is 7.70. The van der Waals surface area contributed by atoms with Crippen LogP contribution in [0.2, 0.25) is 0 Å². The first kappa shape index (κ1) is 19.9. The molecule has 30 heavy (non-hydrogen) atoms. The van der Waals surface area contributed by atoms with Crippen LogP contribution in [0.3, 0.4) is 0 Å². The summed E-state index contributed by atoms with van der Waals surface area (Å²) in [5, 5.41) is 9.85. The normalized spacial score (nSPS) is 20.4. The Bertz CT molecular complexity index is 919. The zero-order valence-electron chi connectivity index (χ0n) is 16.7. The van der Waals surface area contributed by atoms with Crippen molar-refractivity contribution >= 4 is 17.6 Å². The minimum absolute atomic E-state index is 0.129. The van der Waals surface area contributed by atoms with Crippen molar-refractivity contribution in [2.45, 2.75) is 38.0 Å².